The molecule has 0 spiro atoms. The van der Waals surface area contributed by atoms with Crippen molar-refractivity contribution in [3.63, 3.8) is 0 Å². The molecule has 4 aliphatic heterocycles. The molecule has 3 N–H and O–H groups in total. The molecule has 0 saturated carbocycles. The number of nitrogens with one attached hydrogen (secondary N) is 3. The molecule has 4 aliphatic rings. The van der Waals surface area contributed by atoms with Gasteiger partial charge in [0.1, 0.15) is 23.3 Å². The fourth-order valence-electron chi connectivity index (χ4n) is 8.79. The number of hydrogen-bond donors (Lipinski definition) is 3. The first-order valence-corrected chi connectivity index (χ1v) is 22.6. The molecule has 2 unspecified atom stereocenters. The van der Waals surface area contributed by atoms with Gasteiger partial charge in [0, 0.05) is 106 Å². The van der Waals surface area contributed by atoms with Gasteiger partial charge < -0.3 is 19.7 Å². The van der Waals surface area contributed by atoms with Gasteiger partial charge in [-0.15, -0.1) is 0 Å². The predicted molar refractivity (Wildman–Crippen MR) is 228 cm³/mol. The second kappa shape index (κ2) is 18.1. The van der Waals surface area contributed by atoms with E-state index in [0.29, 0.717) is 43.1 Å². The molecular formula is C42H47F4N11O7S. The number of piperidine rings is 2. The molecule has 346 valence electrons. The minimum atomic E-state index is -4.18. The Hall–Kier alpha value is -6.04. The van der Waals surface area contributed by atoms with Crippen LogP contribution in [-0.4, -0.2) is 174 Å². The molecule has 4 fully saturated rings. The number of carbonyl (C=O) groups excluding carboxylic acids is 5. The largest absolute Gasteiger partial charge is 0.353 e. The van der Waals surface area contributed by atoms with Gasteiger partial charge >= 0.3 is 10.2 Å². The average Bonchev–Trinajstić information content (AvgIpc) is 3.71. The smallest absolute Gasteiger partial charge is 0.301 e. The molecule has 1 aromatic carbocycles. The number of fused-ring (bicyclic) bond motifs is 1. The Morgan fingerprint density at radius 2 is 1.71 bits per heavy atom. The third kappa shape index (κ3) is 9.27. The standard InChI is InChI=1S/C42H47F4N11O7S/c1-3-52(2)65(63,64)51-30-6-5-29(43)37(38(30)44)39(61)28-21-49-40-27(28)18-26(20-48-40)25-4-8-33(47-19-25)54-12-14-55(15-13-54)35(59)22-53-11-10-32(42(45,46)24-53)56-16-17-57(36(60)23-56)31-7-9-34(58)50-41(31)62/h4-6,8,18-21,31-32,51H,3,7,9-17,22-24H2,1-2H3,(H,48,49)(H,50,58,62). The number of anilines is 2. The first-order chi connectivity index (χ1) is 30.9. The second-order valence-electron chi connectivity index (χ2n) is 16.5. The maximum atomic E-state index is 15.6. The van der Waals surface area contributed by atoms with Crippen molar-refractivity contribution >= 4 is 62.2 Å². The number of piperazine rings is 2. The summed E-state index contributed by atoms with van der Waals surface area (Å²) in [4.78, 5) is 83.5. The number of aromatic amines is 1. The third-order valence-corrected chi connectivity index (χ3v) is 14.1. The van der Waals surface area contributed by atoms with Crippen molar-refractivity contribution in [1.29, 1.82) is 0 Å². The van der Waals surface area contributed by atoms with Crippen LogP contribution >= 0.6 is 0 Å². The zero-order chi connectivity index (χ0) is 46.4. The number of amides is 4. The van der Waals surface area contributed by atoms with E-state index in [1.807, 2.05) is 4.90 Å². The molecule has 18 nitrogen and oxygen atoms in total. The van der Waals surface area contributed by atoms with Crippen LogP contribution in [0.4, 0.5) is 29.1 Å². The molecule has 0 aliphatic carbocycles. The van der Waals surface area contributed by atoms with E-state index in [-0.39, 0.29) is 81.0 Å². The van der Waals surface area contributed by atoms with Gasteiger partial charge in [-0.25, -0.2) is 27.5 Å². The minimum absolute atomic E-state index is 0.0512. The van der Waals surface area contributed by atoms with Crippen molar-refractivity contribution in [1.82, 2.24) is 44.2 Å². The third-order valence-electron chi connectivity index (χ3n) is 12.5. The molecule has 4 amide bonds. The van der Waals surface area contributed by atoms with Gasteiger partial charge in [-0.3, -0.25) is 43.8 Å². The van der Waals surface area contributed by atoms with Crippen LogP contribution < -0.4 is 14.9 Å². The van der Waals surface area contributed by atoms with E-state index in [1.165, 1.54) is 27.9 Å². The molecule has 23 heteroatoms. The van der Waals surface area contributed by atoms with Crippen LogP contribution in [0.3, 0.4) is 0 Å². The number of alkyl halides is 2. The molecule has 4 aromatic rings. The van der Waals surface area contributed by atoms with Gasteiger partial charge in [-0.2, -0.15) is 12.7 Å². The Balaban J connectivity index is 0.848. The van der Waals surface area contributed by atoms with Crippen molar-refractivity contribution in [2.24, 2.45) is 0 Å². The summed E-state index contributed by atoms with van der Waals surface area (Å²) >= 11 is 0. The van der Waals surface area contributed by atoms with E-state index in [4.69, 9.17) is 0 Å². The van der Waals surface area contributed by atoms with Crippen LogP contribution in [0, 0.1) is 11.6 Å². The summed E-state index contributed by atoms with van der Waals surface area (Å²) in [5.41, 5.74) is -0.197. The maximum Gasteiger partial charge on any atom is 0.301 e. The number of nitrogens with zero attached hydrogens (tertiary/aromatic N) is 8. The highest BCUT2D eigenvalue weighted by Gasteiger charge is 2.50. The van der Waals surface area contributed by atoms with Gasteiger partial charge in [0.15, 0.2) is 5.82 Å². The number of imide groups is 1. The van der Waals surface area contributed by atoms with Gasteiger partial charge in [0.05, 0.1) is 36.9 Å². The Morgan fingerprint density at radius 1 is 0.954 bits per heavy atom. The predicted octanol–water partition coefficient (Wildman–Crippen LogP) is 2.05. The summed E-state index contributed by atoms with van der Waals surface area (Å²) in [5, 5.41) is 2.50. The molecule has 4 saturated heterocycles. The average molecular weight is 926 g/mol. The van der Waals surface area contributed by atoms with E-state index in [2.05, 4.69) is 25.0 Å². The zero-order valence-corrected chi connectivity index (χ0v) is 36.3. The van der Waals surface area contributed by atoms with Crippen LogP contribution in [0.1, 0.15) is 42.1 Å². The molecule has 65 heavy (non-hydrogen) atoms. The summed E-state index contributed by atoms with van der Waals surface area (Å²) < 4.78 is 89.9. The molecule has 8 rings (SSSR count). The molecule has 7 heterocycles. The maximum absolute atomic E-state index is 15.6. The number of benzene rings is 1. The van der Waals surface area contributed by atoms with Gasteiger partial charge in [-0.1, -0.05) is 6.92 Å². The first kappa shape index (κ1) is 45.5. The van der Waals surface area contributed by atoms with Gasteiger partial charge in [0.25, 0.3) is 5.92 Å². The minimum Gasteiger partial charge on any atom is -0.353 e. The lowest BCUT2D eigenvalue weighted by molar-refractivity contribution is -0.161. The molecule has 2 atom stereocenters. The Kier molecular flexibility index (Phi) is 12.7. The van der Waals surface area contributed by atoms with Crippen molar-refractivity contribution in [3.8, 4) is 11.1 Å². The monoisotopic (exact) mass is 925 g/mol. The van der Waals surface area contributed by atoms with Crippen LogP contribution in [0.15, 0.2) is 48.9 Å². The first-order valence-electron chi connectivity index (χ1n) is 21.1. The summed E-state index contributed by atoms with van der Waals surface area (Å²) in [6.45, 7) is 2.61. The number of ketones is 1. The SMILES string of the molecule is CCN(C)S(=O)(=O)Nc1ccc(F)c(C(=O)c2c[nH]c3ncc(-c4ccc(N5CCN(C(=O)CN6CCC(N7CCN(C8CCC(=O)NC8=O)C(=O)C7)C(F)(F)C6)CC5)nc4)cc23)c1F. The highest BCUT2D eigenvalue weighted by atomic mass is 32.2. The molecule has 0 radical (unpaired) electrons. The number of rotatable bonds is 12. The molecular weight excluding hydrogens is 879 g/mol. The molecule has 0 bridgehead atoms. The lowest BCUT2D eigenvalue weighted by Crippen LogP contribution is -2.66. The van der Waals surface area contributed by atoms with E-state index in [0.717, 1.165) is 16.4 Å². The Bertz CT molecular complexity index is 2640. The number of pyridine rings is 2. The summed E-state index contributed by atoms with van der Waals surface area (Å²) in [5.74, 6) is -7.82. The van der Waals surface area contributed by atoms with Gasteiger partial charge in [-0.05, 0) is 43.2 Å². The number of carbonyl (C=O) groups is 5. The number of halogens is 4. The number of likely N-dealkylation sites (tertiary alicyclic amines) is 1. The van der Waals surface area contributed by atoms with Crippen LogP contribution in [-0.2, 0) is 29.4 Å². The number of H-pyrrole nitrogens is 1. The van der Waals surface area contributed by atoms with Crippen molar-refractivity contribution < 1.29 is 50.0 Å². The van der Waals surface area contributed by atoms with E-state index < -0.39 is 81.2 Å². The zero-order valence-electron chi connectivity index (χ0n) is 35.5. The van der Waals surface area contributed by atoms with E-state index in [9.17, 15) is 32.4 Å². The van der Waals surface area contributed by atoms with Crippen LogP contribution in [0.25, 0.3) is 22.2 Å². The summed E-state index contributed by atoms with van der Waals surface area (Å²) in [7, 11) is -2.90. The van der Waals surface area contributed by atoms with E-state index >= 15 is 17.6 Å². The van der Waals surface area contributed by atoms with Crippen LogP contribution in [0.5, 0.6) is 0 Å². The lowest BCUT2D eigenvalue weighted by Gasteiger charge is -2.47. The van der Waals surface area contributed by atoms with Crippen molar-refractivity contribution in [3.05, 3.63) is 71.7 Å². The van der Waals surface area contributed by atoms with Crippen molar-refractivity contribution in [2.75, 3.05) is 88.7 Å². The lowest BCUT2D eigenvalue weighted by atomic mass is 9.97. The van der Waals surface area contributed by atoms with E-state index in [1.54, 1.807) is 42.4 Å². The normalized spacial score (nSPS) is 21.3. The van der Waals surface area contributed by atoms with Crippen molar-refractivity contribution in [2.45, 2.75) is 44.2 Å². The fraction of sp³-hybridized carbons (Fsp3) is 0.452. The highest BCUT2D eigenvalue weighted by Crippen LogP contribution is 2.34. The van der Waals surface area contributed by atoms with Crippen LogP contribution in [0.2, 0.25) is 0 Å². The fourth-order valence-corrected chi connectivity index (χ4v) is 9.72. The van der Waals surface area contributed by atoms with Gasteiger partial charge in [0.2, 0.25) is 29.4 Å². The second-order valence-corrected chi connectivity index (χ2v) is 18.3. The quantitative estimate of drug-likeness (QED) is 0.106. The molecule has 3 aromatic heterocycles. The number of hydrogen-bond acceptors (Lipinski definition) is 12. The number of aromatic nitrogens is 3. The topological polar surface area (TPSA) is 205 Å². The highest BCUT2D eigenvalue weighted by molar-refractivity contribution is 7.90. The summed E-state index contributed by atoms with van der Waals surface area (Å²) in [6, 6.07) is 4.91. The Morgan fingerprint density at radius 3 is 2.38 bits per heavy atom. The summed E-state index contributed by atoms with van der Waals surface area (Å²) in [6.07, 6.45) is 4.77. The Labute approximate surface area is 371 Å².